The molecule has 182 valence electrons. The Hall–Kier alpha value is -2.65. The molecule has 2 aliphatic heterocycles. The standard InChI is InChI=1S/C26H26ClN3O4S/c1-15-23(22(30-11-8-17(31)13-30)18-4-2-3-5-19(18)27)35-25(28-15)29-24(32)26(9-10-26)16-6-7-20-21(12-16)34-14-33-20/h2-7,12,17,22,31H,8-11,13-14H2,1H3,(H,28,29,32)/t17?,22-/m1/s1. The average molecular weight is 512 g/mol. The predicted octanol–water partition coefficient (Wildman–Crippen LogP) is 4.66. The quantitative estimate of drug-likeness (QED) is 0.501. The Bertz CT molecular complexity index is 1290. The molecule has 0 radical (unpaired) electrons. The van der Waals surface area contributed by atoms with Crippen molar-refractivity contribution in [2.45, 2.75) is 43.7 Å². The van der Waals surface area contributed by atoms with Gasteiger partial charge in [-0.3, -0.25) is 9.69 Å². The van der Waals surface area contributed by atoms with Crippen molar-refractivity contribution in [1.82, 2.24) is 9.88 Å². The molecule has 3 aliphatic rings. The fourth-order valence-corrected chi connectivity index (χ4v) is 6.46. The highest BCUT2D eigenvalue weighted by Crippen LogP contribution is 2.51. The van der Waals surface area contributed by atoms with Crippen LogP contribution in [0.1, 0.15) is 47.0 Å². The summed E-state index contributed by atoms with van der Waals surface area (Å²) < 4.78 is 10.9. The number of nitrogens with one attached hydrogen (secondary N) is 1. The molecule has 2 fully saturated rings. The number of aliphatic hydroxyl groups is 1. The number of likely N-dealkylation sites (tertiary alicyclic amines) is 1. The van der Waals surface area contributed by atoms with Crippen LogP contribution in [0.4, 0.5) is 5.13 Å². The maximum atomic E-state index is 13.4. The number of halogens is 1. The van der Waals surface area contributed by atoms with Crippen LogP contribution in [0.25, 0.3) is 0 Å². The molecule has 7 nitrogen and oxygen atoms in total. The molecule has 0 bridgehead atoms. The van der Waals surface area contributed by atoms with Crippen LogP contribution in [-0.2, 0) is 10.2 Å². The number of fused-ring (bicyclic) bond motifs is 1. The smallest absolute Gasteiger partial charge is 0.236 e. The van der Waals surface area contributed by atoms with Crippen molar-refractivity contribution in [2.75, 3.05) is 25.2 Å². The van der Waals surface area contributed by atoms with Crippen LogP contribution >= 0.6 is 22.9 Å². The van der Waals surface area contributed by atoms with E-state index in [0.29, 0.717) is 28.2 Å². The third kappa shape index (κ3) is 4.08. The number of rotatable bonds is 6. The van der Waals surface area contributed by atoms with Crippen molar-refractivity contribution in [1.29, 1.82) is 0 Å². The lowest BCUT2D eigenvalue weighted by molar-refractivity contribution is -0.118. The van der Waals surface area contributed by atoms with Gasteiger partial charge in [0.1, 0.15) is 0 Å². The second kappa shape index (κ2) is 8.78. The Kier molecular flexibility index (Phi) is 5.72. The van der Waals surface area contributed by atoms with Crippen LogP contribution in [0.5, 0.6) is 11.5 Å². The predicted molar refractivity (Wildman–Crippen MR) is 134 cm³/mol. The zero-order valence-corrected chi connectivity index (χ0v) is 20.9. The number of aryl methyl sites for hydroxylation is 1. The normalized spacial score (nSPS) is 21.2. The summed E-state index contributed by atoms with van der Waals surface area (Å²) in [5.41, 5.74) is 2.20. The number of aliphatic hydroxyl groups excluding tert-OH is 1. The monoisotopic (exact) mass is 511 g/mol. The molecule has 1 saturated carbocycles. The van der Waals surface area contributed by atoms with E-state index in [-0.39, 0.29) is 24.8 Å². The van der Waals surface area contributed by atoms with E-state index >= 15 is 0 Å². The summed E-state index contributed by atoms with van der Waals surface area (Å²) in [6, 6.07) is 13.4. The highest BCUT2D eigenvalue weighted by atomic mass is 35.5. The number of thiazole rings is 1. The van der Waals surface area contributed by atoms with E-state index in [9.17, 15) is 9.90 Å². The van der Waals surface area contributed by atoms with Gasteiger partial charge in [-0.15, -0.1) is 0 Å². The van der Waals surface area contributed by atoms with Crippen molar-refractivity contribution >= 4 is 34.0 Å². The second-order valence-corrected chi connectivity index (χ2v) is 10.9. The van der Waals surface area contributed by atoms with E-state index in [4.69, 9.17) is 26.1 Å². The van der Waals surface area contributed by atoms with E-state index in [1.165, 1.54) is 11.3 Å². The van der Waals surface area contributed by atoms with E-state index in [1.807, 2.05) is 49.4 Å². The van der Waals surface area contributed by atoms with E-state index in [2.05, 4.69) is 10.2 Å². The van der Waals surface area contributed by atoms with Crippen LogP contribution in [0.15, 0.2) is 42.5 Å². The first-order valence-electron chi connectivity index (χ1n) is 11.8. The molecule has 6 rings (SSSR count). The lowest BCUT2D eigenvalue weighted by Crippen LogP contribution is -2.28. The van der Waals surface area contributed by atoms with Crippen LogP contribution in [-0.4, -0.2) is 46.9 Å². The number of hydrogen-bond donors (Lipinski definition) is 2. The van der Waals surface area contributed by atoms with Crippen LogP contribution in [0.2, 0.25) is 5.02 Å². The van der Waals surface area contributed by atoms with Crippen LogP contribution in [0.3, 0.4) is 0 Å². The number of nitrogens with zero attached hydrogens (tertiary/aromatic N) is 2. The largest absolute Gasteiger partial charge is 0.454 e. The SMILES string of the molecule is Cc1nc(NC(=O)C2(c3ccc4c(c3)OCO4)CC2)sc1[C@@H](c1ccccc1Cl)N1CCC(O)C1. The highest BCUT2D eigenvalue weighted by molar-refractivity contribution is 7.16. The minimum atomic E-state index is -0.568. The van der Waals surface area contributed by atoms with Crippen LogP contribution in [0, 0.1) is 6.92 Å². The molecule has 35 heavy (non-hydrogen) atoms. The van der Waals surface area contributed by atoms with Gasteiger partial charge in [-0.2, -0.15) is 0 Å². The molecule has 1 amide bonds. The molecular weight excluding hydrogens is 486 g/mol. The summed E-state index contributed by atoms with van der Waals surface area (Å²) >= 11 is 8.09. The molecule has 9 heteroatoms. The third-order valence-corrected chi connectivity index (χ3v) is 8.64. The van der Waals surface area contributed by atoms with Gasteiger partial charge in [0.2, 0.25) is 12.7 Å². The van der Waals surface area contributed by atoms with Gasteiger partial charge >= 0.3 is 0 Å². The van der Waals surface area contributed by atoms with E-state index in [1.54, 1.807) is 0 Å². The molecule has 1 saturated heterocycles. The van der Waals surface area contributed by atoms with Gasteiger partial charge in [-0.05, 0) is 55.5 Å². The second-order valence-electron chi connectivity index (χ2n) is 9.43. The lowest BCUT2D eigenvalue weighted by Gasteiger charge is -2.28. The van der Waals surface area contributed by atoms with Gasteiger partial charge in [-0.25, -0.2) is 4.98 Å². The van der Waals surface area contributed by atoms with Crippen molar-refractivity contribution in [3.05, 3.63) is 69.2 Å². The molecule has 2 N–H and O–H groups in total. The number of benzene rings is 2. The topological polar surface area (TPSA) is 83.9 Å². The average Bonchev–Trinajstić information content (AvgIpc) is 3.13. The summed E-state index contributed by atoms with van der Waals surface area (Å²) in [5, 5.41) is 14.5. The number of carbonyl (C=O) groups excluding carboxylic acids is 1. The molecule has 1 unspecified atom stereocenters. The maximum Gasteiger partial charge on any atom is 0.236 e. The van der Waals surface area contributed by atoms with Crippen molar-refractivity contribution in [3.8, 4) is 11.5 Å². The summed E-state index contributed by atoms with van der Waals surface area (Å²) in [7, 11) is 0. The molecule has 2 atom stereocenters. The molecule has 1 aliphatic carbocycles. The van der Waals surface area contributed by atoms with Gasteiger partial charge in [0.05, 0.1) is 28.1 Å². The lowest BCUT2D eigenvalue weighted by atomic mass is 9.94. The Morgan fingerprint density at radius 1 is 1.26 bits per heavy atom. The Morgan fingerprint density at radius 2 is 2.06 bits per heavy atom. The zero-order valence-electron chi connectivity index (χ0n) is 19.3. The van der Waals surface area contributed by atoms with Gasteiger partial charge < -0.3 is 19.9 Å². The molecule has 1 aromatic heterocycles. The number of hydrogen-bond acceptors (Lipinski definition) is 7. The van der Waals surface area contributed by atoms with Gasteiger partial charge in [-0.1, -0.05) is 47.2 Å². The maximum absolute atomic E-state index is 13.4. The number of amides is 1. The molecule has 3 heterocycles. The van der Waals surface area contributed by atoms with E-state index < -0.39 is 5.41 Å². The van der Waals surface area contributed by atoms with Crippen molar-refractivity contribution in [2.24, 2.45) is 0 Å². The minimum Gasteiger partial charge on any atom is -0.454 e. The first kappa shape index (κ1) is 22.8. The summed E-state index contributed by atoms with van der Waals surface area (Å²) in [5.74, 6) is 1.34. The van der Waals surface area contributed by atoms with Gasteiger partial charge in [0.25, 0.3) is 0 Å². The van der Waals surface area contributed by atoms with Crippen LogP contribution < -0.4 is 14.8 Å². The molecular formula is C26H26ClN3O4S. The first-order valence-corrected chi connectivity index (χ1v) is 13.0. The molecule has 2 aromatic carbocycles. The molecule has 0 spiro atoms. The Balaban J connectivity index is 1.28. The van der Waals surface area contributed by atoms with Crippen molar-refractivity contribution in [3.63, 3.8) is 0 Å². The van der Waals surface area contributed by atoms with Gasteiger partial charge in [0.15, 0.2) is 16.6 Å². The highest BCUT2D eigenvalue weighted by Gasteiger charge is 2.52. The number of ether oxygens (including phenoxy) is 2. The van der Waals surface area contributed by atoms with E-state index in [0.717, 1.165) is 47.5 Å². The Morgan fingerprint density at radius 3 is 2.80 bits per heavy atom. The number of carbonyl (C=O) groups is 1. The third-order valence-electron chi connectivity index (χ3n) is 7.17. The fraction of sp³-hybridized carbons (Fsp3) is 0.385. The fourth-order valence-electron chi connectivity index (χ4n) is 5.10. The summed E-state index contributed by atoms with van der Waals surface area (Å²) in [6.07, 6.45) is 1.93. The minimum absolute atomic E-state index is 0.0532. The summed E-state index contributed by atoms with van der Waals surface area (Å²) in [4.78, 5) is 21.4. The zero-order chi connectivity index (χ0) is 24.2. The Labute approximate surface area is 212 Å². The first-order chi connectivity index (χ1) is 16.9. The number of β-amino-alcohol motifs (C(OH)–C–C–N with tert-alkyl or cyclic N) is 1. The summed E-state index contributed by atoms with van der Waals surface area (Å²) in [6.45, 7) is 3.51. The number of anilines is 1. The van der Waals surface area contributed by atoms with Crippen molar-refractivity contribution < 1.29 is 19.4 Å². The number of aromatic nitrogens is 1. The van der Waals surface area contributed by atoms with Gasteiger partial charge in [0, 0.05) is 18.1 Å². The molecule has 3 aromatic rings.